The normalized spacial score (nSPS) is 10.7. The summed E-state index contributed by atoms with van der Waals surface area (Å²) in [6.07, 6.45) is 0.852. The Morgan fingerprint density at radius 1 is 0.967 bits per heavy atom. The van der Waals surface area contributed by atoms with E-state index in [0.29, 0.717) is 30.4 Å². The van der Waals surface area contributed by atoms with E-state index in [2.05, 4.69) is 47.2 Å². The number of carbonyl (C=O) groups is 1. The molecule has 0 radical (unpaired) electrons. The van der Waals surface area contributed by atoms with Crippen molar-refractivity contribution in [2.45, 2.75) is 20.3 Å². The summed E-state index contributed by atoms with van der Waals surface area (Å²) in [5.41, 5.74) is 2.52. The van der Waals surface area contributed by atoms with E-state index >= 15 is 0 Å². The van der Waals surface area contributed by atoms with Gasteiger partial charge in [0, 0.05) is 17.7 Å². The second kappa shape index (κ2) is 10.8. The molecule has 0 aliphatic rings. The van der Waals surface area contributed by atoms with Crippen molar-refractivity contribution in [1.29, 1.82) is 0 Å². The third-order valence-electron chi connectivity index (χ3n) is 4.38. The zero-order chi connectivity index (χ0) is 21.3. The van der Waals surface area contributed by atoms with Gasteiger partial charge in [-0.25, -0.2) is 0 Å². The molecule has 3 aromatic carbocycles. The minimum absolute atomic E-state index is 0.177. The molecule has 0 spiro atoms. The van der Waals surface area contributed by atoms with Gasteiger partial charge in [0.2, 0.25) is 0 Å². The summed E-state index contributed by atoms with van der Waals surface area (Å²) in [5.74, 6) is 1.77. The maximum Gasteiger partial charge on any atom is 0.255 e. The molecule has 0 saturated heterocycles. The summed E-state index contributed by atoms with van der Waals surface area (Å²) in [4.78, 5) is 12.6. The first-order chi connectivity index (χ1) is 14.5. The number of amides is 1. The van der Waals surface area contributed by atoms with Gasteiger partial charge in [0.15, 0.2) is 0 Å². The van der Waals surface area contributed by atoms with Crippen LogP contribution in [0.1, 0.15) is 29.8 Å². The number of carbonyl (C=O) groups excluding carboxylic acids is 1. The van der Waals surface area contributed by atoms with Crippen molar-refractivity contribution in [3.05, 3.63) is 88.4 Å². The molecule has 4 nitrogen and oxygen atoms in total. The summed E-state index contributed by atoms with van der Waals surface area (Å²) in [6, 6.07) is 23.0. The van der Waals surface area contributed by atoms with Crippen LogP contribution in [0, 0.1) is 5.92 Å². The zero-order valence-corrected chi connectivity index (χ0v) is 18.8. The van der Waals surface area contributed by atoms with Gasteiger partial charge in [0.1, 0.15) is 11.5 Å². The molecule has 0 heterocycles. The van der Waals surface area contributed by atoms with Crippen LogP contribution in [-0.2, 0) is 6.42 Å². The molecule has 1 N–H and O–H groups in total. The average Bonchev–Trinajstić information content (AvgIpc) is 2.74. The molecular formula is C25H26BrNO3. The van der Waals surface area contributed by atoms with E-state index in [-0.39, 0.29) is 5.91 Å². The number of rotatable bonds is 9. The monoisotopic (exact) mass is 467 g/mol. The van der Waals surface area contributed by atoms with Crippen LogP contribution in [0.2, 0.25) is 0 Å². The molecule has 0 aliphatic carbocycles. The summed E-state index contributed by atoms with van der Waals surface area (Å²) in [6.45, 7) is 5.42. The highest BCUT2D eigenvalue weighted by Crippen LogP contribution is 2.27. The number of ether oxygens (including phenoxy) is 2. The van der Waals surface area contributed by atoms with Crippen molar-refractivity contribution in [3.63, 3.8) is 0 Å². The van der Waals surface area contributed by atoms with Crippen LogP contribution in [0.25, 0.3) is 0 Å². The van der Waals surface area contributed by atoms with Crippen molar-refractivity contribution in [2.75, 3.05) is 18.5 Å². The SMILES string of the molecule is CC(C)COc1ccc(C(=O)Nc2ccc(OCCc3ccccc3)cc2)cc1Br. The number of hydrogen-bond donors (Lipinski definition) is 1. The van der Waals surface area contributed by atoms with E-state index in [1.54, 1.807) is 12.1 Å². The Morgan fingerprint density at radius 2 is 1.70 bits per heavy atom. The predicted molar refractivity (Wildman–Crippen MR) is 125 cm³/mol. The third-order valence-corrected chi connectivity index (χ3v) is 5.00. The Morgan fingerprint density at radius 3 is 2.37 bits per heavy atom. The van der Waals surface area contributed by atoms with Gasteiger partial charge in [-0.05, 0) is 69.9 Å². The van der Waals surface area contributed by atoms with E-state index in [4.69, 9.17) is 9.47 Å². The van der Waals surface area contributed by atoms with Crippen LogP contribution in [0.3, 0.4) is 0 Å². The third kappa shape index (κ3) is 6.63. The minimum atomic E-state index is -0.177. The summed E-state index contributed by atoms with van der Waals surface area (Å²) >= 11 is 3.48. The van der Waals surface area contributed by atoms with E-state index in [1.165, 1.54) is 5.56 Å². The standard InChI is InChI=1S/C25H26BrNO3/c1-18(2)17-30-24-13-8-20(16-23(24)26)25(28)27-21-9-11-22(12-10-21)29-15-14-19-6-4-3-5-7-19/h3-13,16,18H,14-15,17H2,1-2H3,(H,27,28). The maximum atomic E-state index is 12.6. The molecule has 0 aliphatic heterocycles. The first kappa shape index (κ1) is 21.9. The lowest BCUT2D eigenvalue weighted by molar-refractivity contribution is 0.102. The van der Waals surface area contributed by atoms with Gasteiger partial charge in [-0.1, -0.05) is 44.2 Å². The molecular weight excluding hydrogens is 442 g/mol. The molecule has 0 atom stereocenters. The van der Waals surface area contributed by atoms with E-state index < -0.39 is 0 Å². The number of nitrogens with one attached hydrogen (secondary N) is 1. The summed E-state index contributed by atoms with van der Waals surface area (Å²) in [5, 5.41) is 2.91. The Balaban J connectivity index is 1.52. The van der Waals surface area contributed by atoms with Crippen LogP contribution >= 0.6 is 15.9 Å². The first-order valence-corrected chi connectivity index (χ1v) is 10.8. The summed E-state index contributed by atoms with van der Waals surface area (Å²) in [7, 11) is 0. The molecule has 0 aromatic heterocycles. The van der Waals surface area contributed by atoms with Gasteiger partial charge in [-0.15, -0.1) is 0 Å². The average molecular weight is 468 g/mol. The van der Waals surface area contributed by atoms with Gasteiger partial charge >= 0.3 is 0 Å². The molecule has 0 bridgehead atoms. The topological polar surface area (TPSA) is 47.6 Å². The van der Waals surface area contributed by atoms with E-state index in [1.807, 2.05) is 48.5 Å². The van der Waals surface area contributed by atoms with Gasteiger partial charge < -0.3 is 14.8 Å². The number of benzene rings is 3. The van der Waals surface area contributed by atoms with Gasteiger partial charge in [-0.3, -0.25) is 4.79 Å². The Hall–Kier alpha value is -2.79. The summed E-state index contributed by atoms with van der Waals surface area (Å²) < 4.78 is 12.3. The second-order valence-electron chi connectivity index (χ2n) is 7.41. The smallest absolute Gasteiger partial charge is 0.255 e. The van der Waals surface area contributed by atoms with Crippen molar-refractivity contribution < 1.29 is 14.3 Å². The lowest BCUT2D eigenvalue weighted by Crippen LogP contribution is -2.12. The maximum absolute atomic E-state index is 12.6. The molecule has 5 heteroatoms. The van der Waals surface area contributed by atoms with Gasteiger partial charge in [0.25, 0.3) is 5.91 Å². The highest BCUT2D eigenvalue weighted by Gasteiger charge is 2.10. The van der Waals surface area contributed by atoms with Crippen LogP contribution < -0.4 is 14.8 Å². The second-order valence-corrected chi connectivity index (χ2v) is 8.27. The van der Waals surface area contributed by atoms with Crippen LogP contribution in [-0.4, -0.2) is 19.1 Å². The highest BCUT2D eigenvalue weighted by molar-refractivity contribution is 9.10. The Labute approximate surface area is 186 Å². The molecule has 30 heavy (non-hydrogen) atoms. The van der Waals surface area contributed by atoms with Crippen LogP contribution in [0.15, 0.2) is 77.3 Å². The first-order valence-electron chi connectivity index (χ1n) is 10.0. The number of halogens is 1. The van der Waals surface area contributed by atoms with Crippen molar-refractivity contribution in [1.82, 2.24) is 0 Å². The zero-order valence-electron chi connectivity index (χ0n) is 17.2. The molecule has 156 valence electrons. The molecule has 1 amide bonds. The van der Waals surface area contributed by atoms with E-state index in [9.17, 15) is 4.79 Å². The van der Waals surface area contributed by atoms with Crippen molar-refractivity contribution in [3.8, 4) is 11.5 Å². The number of anilines is 1. The minimum Gasteiger partial charge on any atom is -0.493 e. The quantitative estimate of drug-likeness (QED) is 0.398. The Bertz CT molecular complexity index is 956. The largest absolute Gasteiger partial charge is 0.493 e. The van der Waals surface area contributed by atoms with E-state index in [0.717, 1.165) is 22.4 Å². The lowest BCUT2D eigenvalue weighted by atomic mass is 10.2. The fourth-order valence-corrected chi connectivity index (χ4v) is 3.28. The predicted octanol–water partition coefficient (Wildman–Crippen LogP) is 6.36. The molecule has 3 aromatic rings. The fourth-order valence-electron chi connectivity index (χ4n) is 2.78. The fraction of sp³-hybridized carbons (Fsp3) is 0.240. The molecule has 3 rings (SSSR count). The molecule has 0 saturated carbocycles. The van der Waals surface area contributed by atoms with Gasteiger partial charge in [0.05, 0.1) is 17.7 Å². The van der Waals surface area contributed by atoms with Crippen molar-refractivity contribution in [2.24, 2.45) is 5.92 Å². The van der Waals surface area contributed by atoms with Gasteiger partial charge in [-0.2, -0.15) is 0 Å². The van der Waals surface area contributed by atoms with Crippen LogP contribution in [0.5, 0.6) is 11.5 Å². The number of hydrogen-bond acceptors (Lipinski definition) is 3. The van der Waals surface area contributed by atoms with Crippen molar-refractivity contribution >= 4 is 27.5 Å². The highest BCUT2D eigenvalue weighted by atomic mass is 79.9. The lowest BCUT2D eigenvalue weighted by Gasteiger charge is -2.12. The molecule has 0 fully saturated rings. The Kier molecular flexibility index (Phi) is 7.91. The molecule has 0 unspecified atom stereocenters. The van der Waals surface area contributed by atoms with Crippen LogP contribution in [0.4, 0.5) is 5.69 Å².